The van der Waals surface area contributed by atoms with Gasteiger partial charge in [0.05, 0.1) is 17.1 Å². The van der Waals surface area contributed by atoms with E-state index in [0.717, 1.165) is 55.1 Å². The molecule has 3 heterocycles. The van der Waals surface area contributed by atoms with Gasteiger partial charge in [0, 0.05) is 44.0 Å². The second-order valence-electron chi connectivity index (χ2n) is 9.79. The average molecular weight is 488 g/mol. The molecule has 0 spiro atoms. The van der Waals surface area contributed by atoms with E-state index in [1.165, 1.54) is 0 Å². The monoisotopic (exact) mass is 487 g/mol. The van der Waals surface area contributed by atoms with Gasteiger partial charge in [-0.05, 0) is 62.8 Å². The predicted octanol–water partition coefficient (Wildman–Crippen LogP) is 3.13. The van der Waals surface area contributed by atoms with E-state index in [1.54, 1.807) is 34.6 Å². The zero-order valence-electron chi connectivity index (χ0n) is 20.4. The Labute approximate surface area is 208 Å². The first-order valence-corrected chi connectivity index (χ1v) is 12.5. The maximum atomic E-state index is 13.2. The van der Waals surface area contributed by atoms with Crippen LogP contribution in [0, 0.1) is 0 Å². The SMILES string of the molecule is CC(=O)N(C)C1CCC(NC(=O)c2ccc3nn(-c4cnn5cccnc45)c(OC4CC4)c3c2)CC1. The Morgan fingerprint density at radius 2 is 1.94 bits per heavy atom. The normalized spacial score (nSPS) is 19.9. The van der Waals surface area contributed by atoms with Crippen molar-refractivity contribution >= 4 is 28.4 Å². The molecule has 2 fully saturated rings. The van der Waals surface area contributed by atoms with Gasteiger partial charge in [-0.2, -0.15) is 14.9 Å². The molecule has 6 rings (SSSR count). The van der Waals surface area contributed by atoms with Gasteiger partial charge in [-0.1, -0.05) is 0 Å². The van der Waals surface area contributed by atoms with E-state index in [4.69, 9.17) is 9.84 Å². The van der Waals surface area contributed by atoms with E-state index in [1.807, 2.05) is 36.3 Å². The van der Waals surface area contributed by atoms with Gasteiger partial charge in [0.1, 0.15) is 11.8 Å². The molecule has 36 heavy (non-hydrogen) atoms. The van der Waals surface area contributed by atoms with Crippen LogP contribution in [0.4, 0.5) is 0 Å². The van der Waals surface area contributed by atoms with Crippen molar-refractivity contribution in [1.82, 2.24) is 34.6 Å². The van der Waals surface area contributed by atoms with Gasteiger partial charge in [0.2, 0.25) is 11.8 Å². The fourth-order valence-electron chi connectivity index (χ4n) is 4.92. The number of rotatable bonds is 6. The summed E-state index contributed by atoms with van der Waals surface area (Å²) < 4.78 is 9.73. The van der Waals surface area contributed by atoms with Crippen LogP contribution in [0.25, 0.3) is 22.2 Å². The Hall–Kier alpha value is -3.95. The Morgan fingerprint density at radius 1 is 1.14 bits per heavy atom. The van der Waals surface area contributed by atoms with Crippen LogP contribution in [0.1, 0.15) is 55.8 Å². The molecular weight excluding hydrogens is 458 g/mol. The summed E-state index contributed by atoms with van der Waals surface area (Å²) in [7, 11) is 1.85. The van der Waals surface area contributed by atoms with E-state index in [9.17, 15) is 9.59 Å². The lowest BCUT2D eigenvalue weighted by Gasteiger charge is -2.34. The molecule has 0 aliphatic heterocycles. The highest BCUT2D eigenvalue weighted by molar-refractivity contribution is 5.99. The quantitative estimate of drug-likeness (QED) is 0.448. The van der Waals surface area contributed by atoms with Crippen LogP contribution in [-0.2, 0) is 4.79 Å². The Morgan fingerprint density at radius 3 is 2.69 bits per heavy atom. The molecule has 2 aliphatic carbocycles. The maximum Gasteiger partial charge on any atom is 0.251 e. The molecule has 10 heteroatoms. The molecule has 10 nitrogen and oxygen atoms in total. The van der Waals surface area contributed by atoms with E-state index in [0.29, 0.717) is 17.1 Å². The minimum atomic E-state index is -0.108. The summed E-state index contributed by atoms with van der Waals surface area (Å²) in [6.07, 6.45) is 10.9. The number of aromatic nitrogens is 5. The number of ether oxygens (including phenoxy) is 1. The first-order chi connectivity index (χ1) is 17.5. The fourth-order valence-corrected chi connectivity index (χ4v) is 4.92. The van der Waals surface area contributed by atoms with Crippen LogP contribution in [0.3, 0.4) is 0 Å². The molecule has 1 N–H and O–H groups in total. The van der Waals surface area contributed by atoms with Crippen molar-refractivity contribution in [1.29, 1.82) is 0 Å². The van der Waals surface area contributed by atoms with Crippen molar-refractivity contribution in [3.63, 3.8) is 0 Å². The summed E-state index contributed by atoms with van der Waals surface area (Å²) in [5.74, 6) is 0.582. The van der Waals surface area contributed by atoms with Crippen LogP contribution >= 0.6 is 0 Å². The number of amides is 2. The van der Waals surface area contributed by atoms with Crippen molar-refractivity contribution in [2.45, 2.75) is 63.6 Å². The van der Waals surface area contributed by atoms with E-state index < -0.39 is 0 Å². The summed E-state index contributed by atoms with van der Waals surface area (Å²) in [6.45, 7) is 1.60. The second-order valence-corrected chi connectivity index (χ2v) is 9.79. The summed E-state index contributed by atoms with van der Waals surface area (Å²) in [6, 6.07) is 7.69. The molecule has 4 aromatic rings. The van der Waals surface area contributed by atoms with Crippen molar-refractivity contribution < 1.29 is 14.3 Å². The lowest BCUT2D eigenvalue weighted by molar-refractivity contribution is -0.130. The minimum absolute atomic E-state index is 0.0838. The standard InChI is InChI=1S/C26H29N7O3/c1-16(34)31(2)19-7-5-18(6-8-19)29-25(35)17-4-11-22-21(14-17)26(36-20-9-10-20)33(30-22)23-15-28-32-13-3-12-27-24(23)32/h3-4,11-15,18-20H,5-10H2,1-2H3,(H,29,35). The number of hydrogen-bond donors (Lipinski definition) is 1. The van der Waals surface area contributed by atoms with Crippen LogP contribution < -0.4 is 10.1 Å². The third kappa shape index (κ3) is 4.16. The topological polar surface area (TPSA) is 107 Å². The van der Waals surface area contributed by atoms with Crippen molar-refractivity contribution in [3.8, 4) is 11.6 Å². The van der Waals surface area contributed by atoms with Crippen molar-refractivity contribution in [2.24, 2.45) is 0 Å². The number of benzene rings is 1. The Kier molecular flexibility index (Phi) is 5.58. The van der Waals surface area contributed by atoms with Crippen molar-refractivity contribution in [3.05, 3.63) is 48.4 Å². The Balaban J connectivity index is 1.26. The highest BCUT2D eigenvalue weighted by Crippen LogP contribution is 2.35. The number of nitrogens with zero attached hydrogens (tertiary/aromatic N) is 6. The number of carbonyl (C=O) groups excluding carboxylic acids is 2. The number of carbonyl (C=O) groups is 2. The lowest BCUT2D eigenvalue weighted by atomic mass is 9.90. The third-order valence-corrected chi connectivity index (χ3v) is 7.26. The molecule has 0 unspecified atom stereocenters. The summed E-state index contributed by atoms with van der Waals surface area (Å²) >= 11 is 0. The predicted molar refractivity (Wildman–Crippen MR) is 133 cm³/mol. The Bertz CT molecular complexity index is 1450. The summed E-state index contributed by atoms with van der Waals surface area (Å²) in [4.78, 5) is 31.1. The molecule has 0 bridgehead atoms. The van der Waals surface area contributed by atoms with Gasteiger partial charge in [-0.3, -0.25) is 9.59 Å². The van der Waals surface area contributed by atoms with Gasteiger partial charge in [0.25, 0.3) is 5.91 Å². The third-order valence-electron chi connectivity index (χ3n) is 7.26. The number of nitrogens with one attached hydrogen (secondary N) is 1. The number of fused-ring (bicyclic) bond motifs is 2. The average Bonchev–Trinajstić information content (AvgIpc) is 3.50. The van der Waals surface area contributed by atoms with Gasteiger partial charge < -0.3 is 15.0 Å². The highest BCUT2D eigenvalue weighted by atomic mass is 16.5. The van der Waals surface area contributed by atoms with E-state index in [2.05, 4.69) is 15.4 Å². The fraction of sp³-hybridized carbons (Fsp3) is 0.423. The van der Waals surface area contributed by atoms with Gasteiger partial charge in [-0.15, -0.1) is 0 Å². The zero-order chi connectivity index (χ0) is 24.8. The van der Waals surface area contributed by atoms with E-state index in [-0.39, 0.29) is 30.0 Å². The molecule has 2 amide bonds. The first-order valence-electron chi connectivity index (χ1n) is 12.5. The van der Waals surface area contributed by atoms with Gasteiger partial charge in [-0.25, -0.2) is 9.50 Å². The minimum Gasteiger partial charge on any atom is -0.474 e. The largest absolute Gasteiger partial charge is 0.474 e. The summed E-state index contributed by atoms with van der Waals surface area (Å²) in [5, 5.41) is 13.1. The molecule has 3 aromatic heterocycles. The first kappa shape index (κ1) is 22.5. The molecule has 0 atom stereocenters. The van der Waals surface area contributed by atoms with E-state index >= 15 is 0 Å². The zero-order valence-corrected chi connectivity index (χ0v) is 20.4. The molecular formula is C26H29N7O3. The molecule has 1 aromatic carbocycles. The highest BCUT2D eigenvalue weighted by Gasteiger charge is 2.29. The second kappa shape index (κ2) is 8.92. The molecule has 2 saturated carbocycles. The van der Waals surface area contributed by atoms with Gasteiger partial charge >= 0.3 is 0 Å². The smallest absolute Gasteiger partial charge is 0.251 e. The van der Waals surface area contributed by atoms with Gasteiger partial charge in [0.15, 0.2) is 5.65 Å². The number of hydrogen-bond acceptors (Lipinski definition) is 6. The molecule has 0 radical (unpaired) electrons. The molecule has 2 aliphatic rings. The summed E-state index contributed by atoms with van der Waals surface area (Å²) in [5.41, 5.74) is 2.71. The van der Waals surface area contributed by atoms with Crippen LogP contribution in [-0.4, -0.2) is 66.3 Å². The molecule has 0 saturated heterocycles. The van der Waals surface area contributed by atoms with Crippen LogP contribution in [0.2, 0.25) is 0 Å². The van der Waals surface area contributed by atoms with Crippen LogP contribution in [0.5, 0.6) is 5.88 Å². The van der Waals surface area contributed by atoms with Crippen molar-refractivity contribution in [2.75, 3.05) is 7.05 Å². The molecule has 186 valence electrons. The maximum absolute atomic E-state index is 13.2. The lowest BCUT2D eigenvalue weighted by Crippen LogP contribution is -2.44. The van der Waals surface area contributed by atoms with Crippen LogP contribution in [0.15, 0.2) is 42.9 Å².